The fourth-order valence-corrected chi connectivity index (χ4v) is 1.37. The molecule has 1 aromatic carbocycles. The molecule has 2 rings (SSSR count). The van der Waals surface area contributed by atoms with E-state index < -0.39 is 0 Å². The molecule has 2 N–H and O–H groups in total. The number of anilines is 1. The minimum absolute atomic E-state index is 0.357. The lowest BCUT2D eigenvalue weighted by molar-refractivity contribution is 1.32. The van der Waals surface area contributed by atoms with Gasteiger partial charge in [0.15, 0.2) is 0 Å². The summed E-state index contributed by atoms with van der Waals surface area (Å²) in [5, 5.41) is 0.378. The van der Waals surface area contributed by atoms with Crippen LogP contribution in [0.4, 0.5) is 5.82 Å². The van der Waals surface area contributed by atoms with Gasteiger partial charge in [-0.15, -0.1) is 0 Å². The van der Waals surface area contributed by atoms with E-state index in [9.17, 15) is 0 Å². The second-order valence-electron chi connectivity index (χ2n) is 3.18. The number of nitrogens with two attached hydrogens (primary N) is 1. The van der Waals surface area contributed by atoms with Gasteiger partial charge in [-0.2, -0.15) is 0 Å². The number of hydrogen-bond acceptors (Lipinski definition) is 2. The van der Waals surface area contributed by atoms with Crippen molar-refractivity contribution in [2.75, 3.05) is 5.73 Å². The molecule has 0 amide bonds. The highest BCUT2D eigenvalue weighted by atomic mass is 35.5. The summed E-state index contributed by atoms with van der Waals surface area (Å²) in [5.41, 5.74) is 7.32. The molecule has 2 aromatic rings. The van der Waals surface area contributed by atoms with E-state index in [2.05, 4.69) is 16.8 Å². The highest BCUT2D eigenvalue weighted by molar-refractivity contribution is 6.29. The molecule has 0 unspecified atom stereocenters. The molecule has 0 bridgehead atoms. The van der Waals surface area contributed by atoms with Gasteiger partial charge in [0.25, 0.3) is 0 Å². The molecule has 0 aliphatic rings. The Kier molecular flexibility index (Phi) is 3.09. The number of aromatic nitrogens is 1. The first-order chi connectivity index (χ1) is 7.75. The predicted octanol–water partition coefficient (Wildman–Crippen LogP) is 2.72. The molecule has 0 spiro atoms. The fraction of sp³-hybridized carbons (Fsp3) is 0. The van der Waals surface area contributed by atoms with Crippen LogP contribution < -0.4 is 5.73 Å². The predicted molar refractivity (Wildman–Crippen MR) is 66.1 cm³/mol. The van der Waals surface area contributed by atoms with Crippen LogP contribution in [0.5, 0.6) is 0 Å². The van der Waals surface area contributed by atoms with Gasteiger partial charge in [-0.25, -0.2) is 4.98 Å². The molecule has 78 valence electrons. The number of nitrogen functional groups attached to an aromatic ring is 1. The van der Waals surface area contributed by atoms with Crippen molar-refractivity contribution in [1.82, 2.24) is 4.98 Å². The molecule has 3 heteroatoms. The van der Waals surface area contributed by atoms with Gasteiger partial charge in [0, 0.05) is 5.56 Å². The maximum atomic E-state index is 5.69. The van der Waals surface area contributed by atoms with Crippen LogP contribution in [0.15, 0.2) is 42.5 Å². The summed E-state index contributed by atoms with van der Waals surface area (Å²) in [7, 11) is 0. The normalized spacial score (nSPS) is 9.31. The first-order valence-corrected chi connectivity index (χ1v) is 5.12. The van der Waals surface area contributed by atoms with Gasteiger partial charge in [0.1, 0.15) is 11.0 Å². The summed E-state index contributed by atoms with van der Waals surface area (Å²) in [4.78, 5) is 3.93. The van der Waals surface area contributed by atoms with Gasteiger partial charge in [0.2, 0.25) is 0 Å². The molecule has 0 saturated heterocycles. The van der Waals surface area contributed by atoms with Crippen molar-refractivity contribution in [2.24, 2.45) is 0 Å². The molecule has 0 radical (unpaired) electrons. The summed E-state index contributed by atoms with van der Waals surface area (Å²) >= 11 is 5.69. The molecule has 2 nitrogen and oxygen atoms in total. The Morgan fingerprint density at radius 2 is 1.75 bits per heavy atom. The Bertz CT molecular complexity index is 553. The molecule has 1 aromatic heterocycles. The number of halogens is 1. The zero-order valence-corrected chi connectivity index (χ0v) is 9.20. The second-order valence-corrected chi connectivity index (χ2v) is 3.57. The van der Waals surface area contributed by atoms with Gasteiger partial charge in [-0.05, 0) is 24.3 Å². The molecule has 0 aliphatic carbocycles. The van der Waals surface area contributed by atoms with E-state index >= 15 is 0 Å². The Balaban J connectivity index is 2.31. The van der Waals surface area contributed by atoms with Crippen LogP contribution >= 0.6 is 11.6 Å². The van der Waals surface area contributed by atoms with Crippen molar-refractivity contribution in [2.45, 2.75) is 0 Å². The molecule has 0 saturated carbocycles. The van der Waals surface area contributed by atoms with Crippen LogP contribution in [-0.2, 0) is 0 Å². The Hall–Kier alpha value is -1.98. The standard InChI is InChI=1S/C13H9ClN2/c14-12-9-8-11(13(15)16-12)7-6-10-4-2-1-3-5-10/h1-5,8-9H,(H2,15,16). The van der Waals surface area contributed by atoms with Crippen molar-refractivity contribution in [3.63, 3.8) is 0 Å². The molecule has 0 fully saturated rings. The fourth-order valence-electron chi connectivity index (χ4n) is 1.22. The first kappa shape index (κ1) is 10.5. The quantitative estimate of drug-likeness (QED) is 0.556. The Labute approximate surface area is 99.1 Å². The van der Waals surface area contributed by atoms with Crippen LogP contribution in [0, 0.1) is 11.8 Å². The molecule has 1 heterocycles. The van der Waals surface area contributed by atoms with Gasteiger partial charge >= 0.3 is 0 Å². The van der Waals surface area contributed by atoms with E-state index in [0.717, 1.165) is 5.56 Å². The summed E-state index contributed by atoms with van der Waals surface area (Å²) in [6.45, 7) is 0. The lowest BCUT2D eigenvalue weighted by Crippen LogP contribution is -1.94. The van der Waals surface area contributed by atoms with E-state index in [4.69, 9.17) is 17.3 Å². The monoisotopic (exact) mass is 228 g/mol. The highest BCUT2D eigenvalue weighted by Crippen LogP contribution is 2.12. The van der Waals surface area contributed by atoms with E-state index in [1.807, 2.05) is 30.3 Å². The number of pyridine rings is 1. The molecule has 0 aliphatic heterocycles. The maximum absolute atomic E-state index is 5.69. The van der Waals surface area contributed by atoms with Gasteiger partial charge in [-0.3, -0.25) is 0 Å². The summed E-state index contributed by atoms with van der Waals surface area (Å²) < 4.78 is 0. The number of benzene rings is 1. The van der Waals surface area contributed by atoms with E-state index in [1.54, 1.807) is 12.1 Å². The average molecular weight is 229 g/mol. The van der Waals surface area contributed by atoms with Gasteiger partial charge in [0.05, 0.1) is 5.56 Å². The molecule has 0 atom stereocenters. The number of nitrogens with zero attached hydrogens (tertiary/aromatic N) is 1. The van der Waals surface area contributed by atoms with E-state index in [-0.39, 0.29) is 0 Å². The van der Waals surface area contributed by atoms with Crippen LogP contribution in [0.1, 0.15) is 11.1 Å². The summed E-state index contributed by atoms with van der Waals surface area (Å²) in [6, 6.07) is 13.1. The SMILES string of the molecule is Nc1nc(Cl)ccc1C#Cc1ccccc1. The van der Waals surface area contributed by atoms with Crippen LogP contribution in [0.2, 0.25) is 5.15 Å². The van der Waals surface area contributed by atoms with Crippen LogP contribution in [-0.4, -0.2) is 4.98 Å². The Morgan fingerprint density at radius 1 is 1.00 bits per heavy atom. The van der Waals surface area contributed by atoms with Crippen molar-refractivity contribution in [3.05, 3.63) is 58.7 Å². The maximum Gasteiger partial charge on any atom is 0.140 e. The minimum Gasteiger partial charge on any atom is -0.383 e. The van der Waals surface area contributed by atoms with E-state index in [1.165, 1.54) is 0 Å². The third-order valence-electron chi connectivity index (χ3n) is 2.01. The summed E-state index contributed by atoms with van der Waals surface area (Å²) in [5.74, 6) is 6.33. The molecular weight excluding hydrogens is 220 g/mol. The third kappa shape index (κ3) is 2.53. The van der Waals surface area contributed by atoms with Crippen LogP contribution in [0.25, 0.3) is 0 Å². The molecule has 16 heavy (non-hydrogen) atoms. The Morgan fingerprint density at radius 3 is 2.44 bits per heavy atom. The van der Waals surface area contributed by atoms with Crippen molar-refractivity contribution >= 4 is 17.4 Å². The van der Waals surface area contributed by atoms with Gasteiger partial charge in [-0.1, -0.05) is 41.6 Å². The van der Waals surface area contributed by atoms with Crippen molar-refractivity contribution < 1.29 is 0 Å². The zero-order valence-electron chi connectivity index (χ0n) is 8.44. The first-order valence-electron chi connectivity index (χ1n) is 4.75. The van der Waals surface area contributed by atoms with Crippen molar-refractivity contribution in [1.29, 1.82) is 0 Å². The summed E-state index contributed by atoms with van der Waals surface area (Å²) in [6.07, 6.45) is 0. The zero-order chi connectivity index (χ0) is 11.4. The topological polar surface area (TPSA) is 38.9 Å². The lowest BCUT2D eigenvalue weighted by atomic mass is 10.2. The van der Waals surface area contributed by atoms with Crippen LogP contribution in [0.3, 0.4) is 0 Å². The van der Waals surface area contributed by atoms with E-state index in [0.29, 0.717) is 16.5 Å². The largest absolute Gasteiger partial charge is 0.383 e. The molecular formula is C13H9ClN2. The smallest absolute Gasteiger partial charge is 0.140 e. The number of rotatable bonds is 0. The lowest BCUT2D eigenvalue weighted by Gasteiger charge is -1.96. The second kappa shape index (κ2) is 4.69. The highest BCUT2D eigenvalue weighted by Gasteiger charge is 1.97. The van der Waals surface area contributed by atoms with Crippen molar-refractivity contribution in [3.8, 4) is 11.8 Å². The third-order valence-corrected chi connectivity index (χ3v) is 2.22. The number of hydrogen-bond donors (Lipinski definition) is 1. The van der Waals surface area contributed by atoms with Gasteiger partial charge < -0.3 is 5.73 Å². The average Bonchev–Trinajstić information content (AvgIpc) is 2.29. The minimum atomic E-state index is 0.357.